The maximum Gasteiger partial charge on any atom is 0.314 e. The maximum absolute atomic E-state index is 12.1. The van der Waals surface area contributed by atoms with E-state index in [0.717, 1.165) is 6.42 Å². The number of esters is 2. The lowest BCUT2D eigenvalue weighted by atomic mass is 9.80. The van der Waals surface area contributed by atoms with Crippen LogP contribution in [0.4, 0.5) is 0 Å². The summed E-state index contributed by atoms with van der Waals surface area (Å²) in [5, 5.41) is 9.25. The Labute approximate surface area is 131 Å². The van der Waals surface area contributed by atoms with E-state index in [1.165, 1.54) is 0 Å². The Hall–Kier alpha value is -1.59. The summed E-state index contributed by atoms with van der Waals surface area (Å²) in [4.78, 5) is 34.9. The third kappa shape index (κ3) is 4.45. The van der Waals surface area contributed by atoms with Gasteiger partial charge in [-0.2, -0.15) is 0 Å². The van der Waals surface area contributed by atoms with E-state index in [1.54, 1.807) is 27.7 Å². The fraction of sp³-hybridized carbons (Fsp3) is 0.812. The topological polar surface area (TPSA) is 89.9 Å². The van der Waals surface area contributed by atoms with Crippen LogP contribution >= 0.6 is 0 Å². The average Bonchev–Trinajstić information content (AvgIpc) is 2.78. The number of rotatable bonds is 5. The number of carbonyl (C=O) groups excluding carboxylic acids is 2. The van der Waals surface area contributed by atoms with Crippen LogP contribution < -0.4 is 0 Å². The van der Waals surface area contributed by atoms with E-state index < -0.39 is 42.0 Å². The second-order valence-corrected chi connectivity index (χ2v) is 7.13. The Kier molecular flexibility index (Phi) is 5.97. The van der Waals surface area contributed by atoms with E-state index in [-0.39, 0.29) is 11.8 Å². The molecule has 126 valence electrons. The number of ether oxygens (including phenoxy) is 2. The molecule has 1 N–H and O–H groups in total. The van der Waals surface area contributed by atoms with Gasteiger partial charge in [0.15, 0.2) is 0 Å². The lowest BCUT2D eigenvalue weighted by Gasteiger charge is -2.25. The molecule has 4 unspecified atom stereocenters. The van der Waals surface area contributed by atoms with E-state index in [4.69, 9.17) is 9.47 Å². The molecule has 22 heavy (non-hydrogen) atoms. The second-order valence-electron chi connectivity index (χ2n) is 7.13. The van der Waals surface area contributed by atoms with Crippen LogP contribution in [0.15, 0.2) is 0 Å². The van der Waals surface area contributed by atoms with Crippen LogP contribution in [0, 0.1) is 29.1 Å². The largest absolute Gasteiger partial charge is 0.481 e. The van der Waals surface area contributed by atoms with Crippen molar-refractivity contribution >= 4 is 17.9 Å². The molecule has 1 aliphatic carbocycles. The Morgan fingerprint density at radius 2 is 1.77 bits per heavy atom. The Balaban J connectivity index is 2.54. The van der Waals surface area contributed by atoms with Crippen molar-refractivity contribution < 1.29 is 29.0 Å². The van der Waals surface area contributed by atoms with Gasteiger partial charge in [0.1, 0.15) is 0 Å². The predicted molar refractivity (Wildman–Crippen MR) is 78.7 cm³/mol. The molecule has 1 saturated carbocycles. The first kappa shape index (κ1) is 18.5. The zero-order valence-electron chi connectivity index (χ0n) is 13.9. The first-order chi connectivity index (χ1) is 10.1. The van der Waals surface area contributed by atoms with Gasteiger partial charge in [-0.15, -0.1) is 0 Å². The van der Waals surface area contributed by atoms with E-state index in [2.05, 4.69) is 0 Å². The minimum absolute atomic E-state index is 0.153. The highest BCUT2D eigenvalue weighted by Crippen LogP contribution is 2.42. The van der Waals surface area contributed by atoms with Crippen LogP contribution in [0.2, 0.25) is 0 Å². The van der Waals surface area contributed by atoms with Gasteiger partial charge in [0, 0.05) is 0 Å². The van der Waals surface area contributed by atoms with Gasteiger partial charge in [0.05, 0.1) is 17.3 Å². The summed E-state index contributed by atoms with van der Waals surface area (Å²) < 4.78 is 9.88. The monoisotopic (exact) mass is 314 g/mol. The number of carbonyl (C=O) groups is 3. The van der Waals surface area contributed by atoms with Crippen molar-refractivity contribution in [1.82, 2.24) is 0 Å². The summed E-state index contributed by atoms with van der Waals surface area (Å²) in [6, 6.07) is 0. The lowest BCUT2D eigenvalue weighted by molar-refractivity contribution is -0.176. The molecule has 0 saturated heterocycles. The third-order valence-electron chi connectivity index (χ3n) is 4.32. The first-order valence-electron chi connectivity index (χ1n) is 7.62. The van der Waals surface area contributed by atoms with Gasteiger partial charge in [-0.1, -0.05) is 13.8 Å². The average molecular weight is 314 g/mol. The quantitative estimate of drug-likeness (QED) is 0.619. The summed E-state index contributed by atoms with van der Waals surface area (Å²) in [6.45, 7) is 8.32. The highest BCUT2D eigenvalue weighted by Gasteiger charge is 2.43. The molecule has 0 aromatic heterocycles. The molecule has 0 aromatic carbocycles. The minimum atomic E-state index is -0.867. The molecule has 1 rings (SSSR count). The standard InChI is InChI=1S/C16H26O6/c1-9-6-7-11(13(17)18)12(9)10(2)14(19)21-8-22-15(20)16(3,4)5/h9-12H,6-8H2,1-5H3,(H,17,18). The molecule has 0 radical (unpaired) electrons. The van der Waals surface area contributed by atoms with Gasteiger partial charge < -0.3 is 14.6 Å². The molecule has 6 heteroatoms. The molecule has 6 nitrogen and oxygen atoms in total. The Bertz CT molecular complexity index is 436. The fourth-order valence-corrected chi connectivity index (χ4v) is 3.00. The van der Waals surface area contributed by atoms with E-state index in [0.29, 0.717) is 6.42 Å². The number of hydrogen-bond donors (Lipinski definition) is 1. The van der Waals surface area contributed by atoms with Crippen LogP contribution in [-0.2, 0) is 23.9 Å². The fourth-order valence-electron chi connectivity index (χ4n) is 3.00. The summed E-state index contributed by atoms with van der Waals surface area (Å²) in [7, 11) is 0. The van der Waals surface area contributed by atoms with Crippen LogP contribution in [0.3, 0.4) is 0 Å². The molecule has 0 bridgehead atoms. The summed E-state index contributed by atoms with van der Waals surface area (Å²) in [5.74, 6) is -2.99. The minimum Gasteiger partial charge on any atom is -0.481 e. The normalized spacial score (nSPS) is 26.3. The molecular weight excluding hydrogens is 288 g/mol. The van der Waals surface area contributed by atoms with Gasteiger partial charge in [0.25, 0.3) is 0 Å². The van der Waals surface area contributed by atoms with Crippen molar-refractivity contribution in [3.05, 3.63) is 0 Å². The van der Waals surface area contributed by atoms with Crippen molar-refractivity contribution in [3.8, 4) is 0 Å². The summed E-state index contributed by atoms with van der Waals surface area (Å²) >= 11 is 0. The maximum atomic E-state index is 12.1. The van der Waals surface area contributed by atoms with Crippen molar-refractivity contribution in [1.29, 1.82) is 0 Å². The van der Waals surface area contributed by atoms with Gasteiger partial charge in [-0.25, -0.2) is 0 Å². The number of hydrogen-bond acceptors (Lipinski definition) is 5. The van der Waals surface area contributed by atoms with Gasteiger partial charge in [-0.3, -0.25) is 14.4 Å². The van der Waals surface area contributed by atoms with Gasteiger partial charge in [-0.05, 0) is 45.4 Å². The van der Waals surface area contributed by atoms with Crippen LogP contribution in [-0.4, -0.2) is 29.8 Å². The zero-order valence-corrected chi connectivity index (χ0v) is 13.9. The molecule has 1 fully saturated rings. The number of aliphatic carboxylic acids is 1. The summed E-state index contributed by atoms with van der Waals surface area (Å²) in [5.41, 5.74) is -0.660. The Morgan fingerprint density at radius 1 is 1.18 bits per heavy atom. The number of carboxylic acid groups (broad SMARTS) is 1. The SMILES string of the molecule is CC1CCC(C(=O)O)C1C(C)C(=O)OCOC(=O)C(C)(C)C. The van der Waals surface area contributed by atoms with Crippen molar-refractivity contribution in [3.63, 3.8) is 0 Å². The smallest absolute Gasteiger partial charge is 0.314 e. The van der Waals surface area contributed by atoms with E-state index >= 15 is 0 Å². The van der Waals surface area contributed by atoms with Crippen LogP contribution in [0.1, 0.15) is 47.5 Å². The van der Waals surface area contributed by atoms with E-state index in [1.807, 2.05) is 6.92 Å². The van der Waals surface area contributed by atoms with Crippen LogP contribution in [0.25, 0.3) is 0 Å². The first-order valence-corrected chi connectivity index (χ1v) is 7.62. The lowest BCUT2D eigenvalue weighted by Crippen LogP contribution is -2.33. The Morgan fingerprint density at radius 3 is 2.27 bits per heavy atom. The highest BCUT2D eigenvalue weighted by molar-refractivity contribution is 5.77. The van der Waals surface area contributed by atoms with Gasteiger partial charge in [0.2, 0.25) is 6.79 Å². The molecular formula is C16H26O6. The highest BCUT2D eigenvalue weighted by atomic mass is 16.7. The van der Waals surface area contributed by atoms with Crippen molar-refractivity contribution in [2.45, 2.75) is 47.5 Å². The molecule has 4 atom stereocenters. The number of carboxylic acids is 1. The zero-order chi connectivity index (χ0) is 17.1. The second kappa shape index (κ2) is 7.11. The van der Waals surface area contributed by atoms with E-state index in [9.17, 15) is 19.5 Å². The molecule has 0 heterocycles. The molecule has 0 aliphatic heterocycles. The molecule has 1 aliphatic rings. The summed E-state index contributed by atoms with van der Waals surface area (Å²) in [6.07, 6.45) is 1.37. The molecule has 0 aromatic rings. The molecule has 0 amide bonds. The van der Waals surface area contributed by atoms with Crippen molar-refractivity contribution in [2.75, 3.05) is 6.79 Å². The predicted octanol–water partition coefficient (Wildman–Crippen LogP) is 2.46. The third-order valence-corrected chi connectivity index (χ3v) is 4.32. The molecule has 0 spiro atoms. The van der Waals surface area contributed by atoms with Crippen LogP contribution in [0.5, 0.6) is 0 Å². The van der Waals surface area contributed by atoms with Gasteiger partial charge >= 0.3 is 17.9 Å². The van der Waals surface area contributed by atoms with Crippen molar-refractivity contribution in [2.24, 2.45) is 29.1 Å².